The van der Waals surface area contributed by atoms with Crippen molar-refractivity contribution < 1.29 is 21.6 Å². The molecule has 6 nitrogen and oxygen atoms in total. The van der Waals surface area contributed by atoms with Gasteiger partial charge in [0.05, 0.1) is 14.7 Å². The van der Waals surface area contributed by atoms with Gasteiger partial charge in [-0.25, -0.2) is 21.6 Å². The van der Waals surface area contributed by atoms with Crippen LogP contribution >= 0.6 is 11.6 Å². The Morgan fingerprint density at radius 1 is 1.00 bits per heavy atom. The standard InChI is InChI=1S/C16H16ClNO5S2/c1-12-7-8-14(24(20,21)13-5-3-2-4-6-13)11-15(12)25(22,23)18-10-9-16(17)19/h2-8,11,18H,9-10H2,1H3. The quantitative estimate of drug-likeness (QED) is 0.717. The molecule has 0 atom stereocenters. The van der Waals surface area contributed by atoms with Crippen LogP contribution in [0, 0.1) is 6.92 Å². The van der Waals surface area contributed by atoms with Gasteiger partial charge < -0.3 is 0 Å². The van der Waals surface area contributed by atoms with Gasteiger partial charge in [0, 0.05) is 13.0 Å². The molecule has 0 heterocycles. The van der Waals surface area contributed by atoms with E-state index < -0.39 is 25.1 Å². The van der Waals surface area contributed by atoms with E-state index >= 15 is 0 Å². The molecule has 0 radical (unpaired) electrons. The van der Waals surface area contributed by atoms with Crippen LogP contribution in [0.1, 0.15) is 12.0 Å². The van der Waals surface area contributed by atoms with Gasteiger partial charge in [0.1, 0.15) is 0 Å². The fraction of sp³-hybridized carbons (Fsp3) is 0.188. The Kier molecular flexibility index (Phi) is 5.99. The minimum Gasteiger partial charge on any atom is -0.281 e. The van der Waals surface area contributed by atoms with E-state index in [2.05, 4.69) is 4.72 Å². The van der Waals surface area contributed by atoms with E-state index in [-0.39, 0.29) is 27.7 Å². The number of aryl methyl sites for hydroxylation is 1. The summed E-state index contributed by atoms with van der Waals surface area (Å²) < 4.78 is 52.3. The number of hydrogen-bond acceptors (Lipinski definition) is 5. The molecule has 9 heteroatoms. The zero-order chi connectivity index (χ0) is 18.7. The van der Waals surface area contributed by atoms with Gasteiger partial charge >= 0.3 is 0 Å². The number of sulfone groups is 1. The molecule has 1 N–H and O–H groups in total. The summed E-state index contributed by atoms with van der Waals surface area (Å²) in [6.45, 7) is 1.39. The normalized spacial score (nSPS) is 12.1. The number of carbonyl (C=O) groups is 1. The third-order valence-electron chi connectivity index (χ3n) is 3.43. The maximum absolute atomic E-state index is 12.7. The first kappa shape index (κ1) is 19.6. The summed E-state index contributed by atoms with van der Waals surface area (Å²) in [6, 6.07) is 11.6. The minimum absolute atomic E-state index is 0.0721. The number of sulfonamides is 1. The molecule has 0 aliphatic carbocycles. The lowest BCUT2D eigenvalue weighted by molar-refractivity contribution is -0.111. The van der Waals surface area contributed by atoms with Crippen LogP contribution in [-0.4, -0.2) is 28.6 Å². The molecular formula is C16H16ClNO5S2. The smallest absolute Gasteiger partial charge is 0.240 e. The van der Waals surface area contributed by atoms with Gasteiger partial charge in [-0.05, 0) is 48.4 Å². The molecule has 134 valence electrons. The molecule has 2 aromatic rings. The van der Waals surface area contributed by atoms with E-state index in [1.54, 1.807) is 25.1 Å². The predicted octanol–water partition coefficient (Wildman–Crippen LogP) is 2.26. The topological polar surface area (TPSA) is 97.4 Å². The Balaban J connectivity index is 2.43. The summed E-state index contributed by atoms with van der Waals surface area (Å²) >= 11 is 5.18. The molecule has 0 spiro atoms. The Bertz CT molecular complexity index is 986. The predicted molar refractivity (Wildman–Crippen MR) is 93.7 cm³/mol. The molecule has 0 amide bonds. The highest BCUT2D eigenvalue weighted by Gasteiger charge is 2.23. The zero-order valence-corrected chi connectivity index (χ0v) is 15.7. The number of carbonyl (C=O) groups excluding carboxylic acids is 1. The highest BCUT2D eigenvalue weighted by molar-refractivity contribution is 7.91. The van der Waals surface area contributed by atoms with Crippen molar-refractivity contribution in [1.29, 1.82) is 0 Å². The molecule has 25 heavy (non-hydrogen) atoms. The maximum Gasteiger partial charge on any atom is 0.240 e. The van der Waals surface area contributed by atoms with Crippen molar-refractivity contribution in [3.63, 3.8) is 0 Å². The number of halogens is 1. The van der Waals surface area contributed by atoms with Crippen molar-refractivity contribution in [2.45, 2.75) is 28.0 Å². The lowest BCUT2D eigenvalue weighted by atomic mass is 10.2. The minimum atomic E-state index is -3.98. The van der Waals surface area contributed by atoms with Gasteiger partial charge in [-0.1, -0.05) is 24.3 Å². The summed E-state index contributed by atoms with van der Waals surface area (Å²) in [5, 5.41) is -0.667. The van der Waals surface area contributed by atoms with Crippen LogP contribution < -0.4 is 4.72 Å². The molecule has 0 unspecified atom stereocenters. The Morgan fingerprint density at radius 3 is 2.24 bits per heavy atom. The number of rotatable bonds is 7. The van der Waals surface area contributed by atoms with Crippen molar-refractivity contribution in [3.05, 3.63) is 54.1 Å². The van der Waals surface area contributed by atoms with Gasteiger partial charge in [0.2, 0.25) is 25.1 Å². The van der Waals surface area contributed by atoms with Crippen molar-refractivity contribution in [2.24, 2.45) is 0 Å². The lowest BCUT2D eigenvalue weighted by Gasteiger charge is -2.11. The molecule has 0 bridgehead atoms. The van der Waals surface area contributed by atoms with Gasteiger partial charge in [0.15, 0.2) is 0 Å². The molecule has 2 rings (SSSR count). The average molecular weight is 402 g/mol. The first-order valence-corrected chi connectivity index (χ1v) is 10.6. The van der Waals surface area contributed by atoms with Crippen molar-refractivity contribution in [3.8, 4) is 0 Å². The largest absolute Gasteiger partial charge is 0.281 e. The van der Waals surface area contributed by atoms with E-state index in [4.69, 9.17) is 11.6 Å². The molecule has 0 saturated carbocycles. The van der Waals surface area contributed by atoms with Crippen molar-refractivity contribution in [1.82, 2.24) is 4.72 Å². The SMILES string of the molecule is Cc1ccc(S(=O)(=O)c2ccccc2)cc1S(=O)(=O)NCCC(=O)Cl. The third-order valence-corrected chi connectivity index (χ3v) is 6.99. The molecule has 0 aromatic heterocycles. The van der Waals surface area contributed by atoms with Gasteiger partial charge in [0.25, 0.3) is 0 Å². The first-order valence-electron chi connectivity index (χ1n) is 7.23. The van der Waals surface area contributed by atoms with Crippen LogP contribution in [0.15, 0.2) is 63.2 Å². The second-order valence-electron chi connectivity index (χ2n) is 5.25. The van der Waals surface area contributed by atoms with Crippen LogP contribution in [0.3, 0.4) is 0 Å². The fourth-order valence-corrected chi connectivity index (χ4v) is 4.91. The van der Waals surface area contributed by atoms with E-state index in [0.717, 1.165) is 6.07 Å². The van der Waals surface area contributed by atoms with E-state index in [0.29, 0.717) is 5.56 Å². The Labute approximate surface area is 151 Å². The second-order valence-corrected chi connectivity index (χ2v) is 9.35. The van der Waals surface area contributed by atoms with Crippen LogP contribution in [0.2, 0.25) is 0 Å². The summed E-state index contributed by atoms with van der Waals surface area (Å²) in [6.07, 6.45) is -0.165. The molecule has 0 aliphatic rings. The Morgan fingerprint density at radius 2 is 1.64 bits per heavy atom. The van der Waals surface area contributed by atoms with Crippen LogP contribution in [0.25, 0.3) is 0 Å². The molecule has 0 aliphatic heterocycles. The highest BCUT2D eigenvalue weighted by atomic mass is 35.5. The molecule has 2 aromatic carbocycles. The van der Waals surface area contributed by atoms with E-state index in [1.807, 2.05) is 0 Å². The van der Waals surface area contributed by atoms with Gasteiger partial charge in [-0.3, -0.25) is 4.79 Å². The number of benzene rings is 2. The highest BCUT2D eigenvalue weighted by Crippen LogP contribution is 2.25. The van der Waals surface area contributed by atoms with Crippen molar-refractivity contribution >= 4 is 36.7 Å². The maximum atomic E-state index is 12.7. The summed E-state index contributed by atoms with van der Waals surface area (Å²) in [7, 11) is -7.82. The molecular weight excluding hydrogens is 386 g/mol. The first-order chi connectivity index (χ1) is 11.6. The van der Waals surface area contributed by atoms with Crippen molar-refractivity contribution in [2.75, 3.05) is 6.54 Å². The zero-order valence-electron chi connectivity index (χ0n) is 13.3. The van der Waals surface area contributed by atoms with Gasteiger partial charge in [-0.15, -0.1) is 0 Å². The van der Waals surface area contributed by atoms with Gasteiger partial charge in [-0.2, -0.15) is 0 Å². The second kappa shape index (κ2) is 7.65. The third kappa shape index (κ3) is 4.66. The average Bonchev–Trinajstić information content (AvgIpc) is 2.55. The van der Waals surface area contributed by atoms with Crippen LogP contribution in [0.5, 0.6) is 0 Å². The summed E-state index contributed by atoms with van der Waals surface area (Å²) in [5.74, 6) is 0. The fourth-order valence-electron chi connectivity index (χ4n) is 2.13. The van der Waals surface area contributed by atoms with Crippen LogP contribution in [0.4, 0.5) is 0 Å². The van der Waals surface area contributed by atoms with E-state index in [9.17, 15) is 21.6 Å². The monoisotopic (exact) mass is 401 g/mol. The molecule has 0 saturated heterocycles. The summed E-state index contributed by atoms with van der Waals surface area (Å²) in [4.78, 5) is 10.5. The lowest BCUT2D eigenvalue weighted by Crippen LogP contribution is -2.26. The number of hydrogen-bond donors (Lipinski definition) is 1. The molecule has 0 fully saturated rings. The summed E-state index contributed by atoms with van der Waals surface area (Å²) in [5.41, 5.74) is 0.386. The number of nitrogens with one attached hydrogen (secondary N) is 1. The van der Waals surface area contributed by atoms with Crippen LogP contribution in [-0.2, 0) is 24.7 Å². The Hall–Kier alpha value is -1.74. The van der Waals surface area contributed by atoms with E-state index in [1.165, 1.54) is 24.3 Å².